The normalized spacial score (nSPS) is 10.9. The predicted molar refractivity (Wildman–Crippen MR) is 121 cm³/mol. The number of anilines is 1. The van der Waals surface area contributed by atoms with Gasteiger partial charge in [0.25, 0.3) is 5.91 Å². The summed E-state index contributed by atoms with van der Waals surface area (Å²) in [5.41, 5.74) is 2.24. The van der Waals surface area contributed by atoms with E-state index in [-0.39, 0.29) is 5.91 Å². The average Bonchev–Trinajstić information content (AvgIpc) is 3.09. The van der Waals surface area contributed by atoms with Gasteiger partial charge in [-0.15, -0.1) is 0 Å². The molecule has 30 heavy (non-hydrogen) atoms. The molecule has 1 aromatic heterocycles. The first kappa shape index (κ1) is 22.1. The number of nitrogens with zero attached hydrogens (tertiary/aromatic N) is 2. The molecule has 0 fully saturated rings. The summed E-state index contributed by atoms with van der Waals surface area (Å²) in [6, 6.07) is 11.2. The molecule has 0 atom stereocenters. The molecule has 160 valence electrons. The van der Waals surface area contributed by atoms with Gasteiger partial charge in [0.05, 0.1) is 29.2 Å². The van der Waals surface area contributed by atoms with Crippen LogP contribution in [0.25, 0.3) is 11.0 Å². The first-order valence-electron chi connectivity index (χ1n) is 9.93. The Hall–Kier alpha value is -2.58. The lowest BCUT2D eigenvalue weighted by Gasteiger charge is -2.14. The Morgan fingerprint density at radius 3 is 2.73 bits per heavy atom. The maximum absolute atomic E-state index is 13.0. The summed E-state index contributed by atoms with van der Waals surface area (Å²) in [5.74, 6) is 1.28. The Morgan fingerprint density at radius 1 is 1.20 bits per heavy atom. The van der Waals surface area contributed by atoms with E-state index in [4.69, 9.17) is 14.2 Å². The Kier molecular flexibility index (Phi) is 7.70. The van der Waals surface area contributed by atoms with Crippen molar-refractivity contribution in [1.29, 1.82) is 0 Å². The van der Waals surface area contributed by atoms with Gasteiger partial charge in [-0.25, -0.2) is 4.98 Å². The lowest BCUT2D eigenvalue weighted by molar-refractivity contribution is 0.102. The molecule has 1 N–H and O–H groups in total. The third kappa shape index (κ3) is 4.94. The molecule has 0 spiro atoms. The molecule has 0 unspecified atom stereocenters. The summed E-state index contributed by atoms with van der Waals surface area (Å²) in [6.07, 6.45) is 0.819. The van der Waals surface area contributed by atoms with Gasteiger partial charge in [0.1, 0.15) is 0 Å². The number of imidazole rings is 1. The Bertz CT molecular complexity index is 1020. The summed E-state index contributed by atoms with van der Waals surface area (Å²) in [6.45, 7) is 6.38. The fraction of sp³-hybridized carbons (Fsp3) is 0.364. The summed E-state index contributed by atoms with van der Waals surface area (Å²) < 4.78 is 19.1. The standard InChI is InChI=1S/C22H26BrN3O4/c1-4-29-12-8-11-26-18-10-7-6-9-17(18)24-22(26)25-21(27)15-13-16(23)20(30-5-2)19(14-15)28-3/h6-7,9-10,13-14H,4-5,8,11-12H2,1-3H3,(H,24,25,27). The van der Waals surface area contributed by atoms with Crippen LogP contribution in [0.2, 0.25) is 0 Å². The minimum Gasteiger partial charge on any atom is -0.493 e. The highest BCUT2D eigenvalue weighted by Crippen LogP contribution is 2.37. The fourth-order valence-corrected chi connectivity index (χ4v) is 3.73. The van der Waals surface area contributed by atoms with E-state index in [0.29, 0.717) is 53.8 Å². The highest BCUT2D eigenvalue weighted by atomic mass is 79.9. The number of ether oxygens (including phenoxy) is 3. The lowest BCUT2D eigenvalue weighted by atomic mass is 10.2. The van der Waals surface area contributed by atoms with E-state index in [1.165, 1.54) is 0 Å². The van der Waals surface area contributed by atoms with Crippen molar-refractivity contribution in [3.63, 3.8) is 0 Å². The fourth-order valence-electron chi connectivity index (χ4n) is 3.18. The van der Waals surface area contributed by atoms with Crippen molar-refractivity contribution in [3.8, 4) is 11.5 Å². The van der Waals surface area contributed by atoms with Gasteiger partial charge in [0.15, 0.2) is 11.5 Å². The van der Waals surface area contributed by atoms with Crippen molar-refractivity contribution in [1.82, 2.24) is 9.55 Å². The van der Waals surface area contributed by atoms with Crippen molar-refractivity contribution in [2.75, 3.05) is 32.2 Å². The summed E-state index contributed by atoms with van der Waals surface area (Å²) in [7, 11) is 1.55. The SMILES string of the molecule is CCOCCCn1c(NC(=O)c2cc(Br)c(OCC)c(OC)c2)nc2ccccc21. The second kappa shape index (κ2) is 10.4. The number of carbonyl (C=O) groups excluding carboxylic acids is 1. The molecular weight excluding hydrogens is 450 g/mol. The van der Waals surface area contributed by atoms with E-state index < -0.39 is 0 Å². The number of carbonyl (C=O) groups is 1. The molecule has 3 rings (SSSR count). The van der Waals surface area contributed by atoms with Crippen LogP contribution in [-0.2, 0) is 11.3 Å². The number of methoxy groups -OCH3 is 1. The van der Waals surface area contributed by atoms with Gasteiger partial charge in [-0.05, 0) is 60.5 Å². The summed E-state index contributed by atoms with van der Waals surface area (Å²) in [4.78, 5) is 17.6. The Labute approximate surface area is 184 Å². The van der Waals surface area contributed by atoms with Crippen LogP contribution in [0.4, 0.5) is 5.95 Å². The second-order valence-electron chi connectivity index (χ2n) is 6.50. The molecule has 0 aliphatic rings. The number of para-hydroxylation sites is 2. The number of halogens is 1. The van der Waals surface area contributed by atoms with Crippen molar-refractivity contribution >= 4 is 38.8 Å². The van der Waals surface area contributed by atoms with E-state index >= 15 is 0 Å². The van der Waals surface area contributed by atoms with Crippen molar-refractivity contribution in [2.45, 2.75) is 26.8 Å². The van der Waals surface area contributed by atoms with E-state index in [0.717, 1.165) is 17.5 Å². The molecule has 0 saturated carbocycles. The largest absolute Gasteiger partial charge is 0.493 e. The van der Waals surface area contributed by atoms with Gasteiger partial charge in [0.2, 0.25) is 5.95 Å². The van der Waals surface area contributed by atoms with Gasteiger partial charge < -0.3 is 18.8 Å². The molecule has 3 aromatic rings. The zero-order valence-corrected chi connectivity index (χ0v) is 19.0. The van der Waals surface area contributed by atoms with Crippen LogP contribution >= 0.6 is 15.9 Å². The van der Waals surface area contributed by atoms with Crippen LogP contribution < -0.4 is 14.8 Å². The predicted octanol–water partition coefficient (Wildman–Crippen LogP) is 4.89. The van der Waals surface area contributed by atoms with E-state index in [9.17, 15) is 4.79 Å². The number of nitrogens with one attached hydrogen (secondary N) is 1. The van der Waals surface area contributed by atoms with Crippen LogP contribution in [0.5, 0.6) is 11.5 Å². The highest BCUT2D eigenvalue weighted by molar-refractivity contribution is 9.10. The maximum atomic E-state index is 13.0. The molecule has 0 aliphatic carbocycles. The number of rotatable bonds is 10. The summed E-state index contributed by atoms with van der Waals surface area (Å²) >= 11 is 3.47. The topological polar surface area (TPSA) is 74.6 Å². The van der Waals surface area contributed by atoms with Crippen LogP contribution in [0.3, 0.4) is 0 Å². The Morgan fingerprint density at radius 2 is 2.00 bits per heavy atom. The van der Waals surface area contributed by atoms with Gasteiger partial charge in [-0.2, -0.15) is 0 Å². The zero-order chi connectivity index (χ0) is 21.5. The third-order valence-corrected chi connectivity index (χ3v) is 5.12. The highest BCUT2D eigenvalue weighted by Gasteiger charge is 2.18. The maximum Gasteiger partial charge on any atom is 0.258 e. The van der Waals surface area contributed by atoms with E-state index in [2.05, 4.69) is 26.2 Å². The van der Waals surface area contributed by atoms with Crippen molar-refractivity contribution in [3.05, 3.63) is 46.4 Å². The molecule has 2 aromatic carbocycles. The van der Waals surface area contributed by atoms with Crippen LogP contribution in [-0.4, -0.2) is 42.4 Å². The lowest BCUT2D eigenvalue weighted by Crippen LogP contribution is -2.17. The third-order valence-electron chi connectivity index (χ3n) is 4.53. The van der Waals surface area contributed by atoms with Gasteiger partial charge in [-0.1, -0.05) is 12.1 Å². The van der Waals surface area contributed by atoms with Crippen LogP contribution in [0.15, 0.2) is 40.9 Å². The number of fused-ring (bicyclic) bond motifs is 1. The van der Waals surface area contributed by atoms with Gasteiger partial charge >= 0.3 is 0 Å². The molecule has 0 radical (unpaired) electrons. The molecule has 1 amide bonds. The van der Waals surface area contributed by atoms with Crippen LogP contribution in [0, 0.1) is 0 Å². The second-order valence-corrected chi connectivity index (χ2v) is 7.36. The van der Waals surface area contributed by atoms with Gasteiger partial charge in [0, 0.05) is 25.3 Å². The number of amides is 1. The van der Waals surface area contributed by atoms with Crippen molar-refractivity contribution < 1.29 is 19.0 Å². The summed E-state index contributed by atoms with van der Waals surface area (Å²) in [5, 5.41) is 2.94. The quantitative estimate of drug-likeness (QED) is 0.422. The number of hydrogen-bond donors (Lipinski definition) is 1. The van der Waals surface area contributed by atoms with Crippen molar-refractivity contribution in [2.24, 2.45) is 0 Å². The zero-order valence-electron chi connectivity index (χ0n) is 17.4. The molecule has 8 heteroatoms. The average molecular weight is 476 g/mol. The monoisotopic (exact) mass is 475 g/mol. The van der Waals surface area contributed by atoms with E-state index in [1.807, 2.05) is 42.7 Å². The molecule has 0 saturated heterocycles. The number of benzene rings is 2. The van der Waals surface area contributed by atoms with Crippen LogP contribution in [0.1, 0.15) is 30.6 Å². The minimum atomic E-state index is -0.279. The number of aromatic nitrogens is 2. The molecule has 0 bridgehead atoms. The minimum absolute atomic E-state index is 0.279. The molecule has 1 heterocycles. The number of aryl methyl sites for hydroxylation is 1. The van der Waals surface area contributed by atoms with E-state index in [1.54, 1.807) is 19.2 Å². The molecule has 7 nitrogen and oxygen atoms in total. The number of hydrogen-bond acceptors (Lipinski definition) is 5. The first-order chi connectivity index (χ1) is 14.6. The smallest absolute Gasteiger partial charge is 0.258 e. The molecular formula is C22H26BrN3O4. The molecule has 0 aliphatic heterocycles. The first-order valence-corrected chi connectivity index (χ1v) is 10.7. The van der Waals surface area contributed by atoms with Gasteiger partial charge in [-0.3, -0.25) is 10.1 Å². The Balaban J connectivity index is 1.88.